The van der Waals surface area contributed by atoms with E-state index in [4.69, 9.17) is 4.42 Å². The van der Waals surface area contributed by atoms with Gasteiger partial charge in [0.05, 0.1) is 6.26 Å². The van der Waals surface area contributed by atoms with E-state index < -0.39 is 0 Å². The maximum absolute atomic E-state index is 12.4. The molecule has 2 heterocycles. The fraction of sp³-hybridized carbons (Fsp3) is 0.455. The minimum Gasteiger partial charge on any atom is -0.459 e. The van der Waals surface area contributed by atoms with Crippen molar-refractivity contribution in [1.82, 2.24) is 20.0 Å². The number of carbonyl (C=O) groups excluding carboxylic acids is 1. The summed E-state index contributed by atoms with van der Waals surface area (Å²) in [6, 6.07) is 12.1. The van der Waals surface area contributed by atoms with Gasteiger partial charge in [-0.1, -0.05) is 31.2 Å². The lowest BCUT2D eigenvalue weighted by Crippen LogP contribution is -2.53. The molecular weight excluding hydrogens is 493 g/mol. The number of furan rings is 1. The predicted octanol–water partition coefficient (Wildman–Crippen LogP) is 2.88. The minimum atomic E-state index is -0.0496. The summed E-state index contributed by atoms with van der Waals surface area (Å²) < 4.78 is 5.23. The molecule has 0 spiro atoms. The number of rotatable bonds is 6. The molecule has 1 aromatic carbocycles. The molecule has 8 heteroatoms. The van der Waals surface area contributed by atoms with Crippen molar-refractivity contribution >= 4 is 35.8 Å². The van der Waals surface area contributed by atoms with Gasteiger partial charge in [0.25, 0.3) is 5.91 Å². The smallest absolute Gasteiger partial charge is 0.289 e. The van der Waals surface area contributed by atoms with Gasteiger partial charge in [0.1, 0.15) is 0 Å². The van der Waals surface area contributed by atoms with Gasteiger partial charge in [-0.25, -0.2) is 0 Å². The second kappa shape index (κ2) is 11.9. The fourth-order valence-electron chi connectivity index (χ4n) is 3.45. The second-order valence-electron chi connectivity index (χ2n) is 7.31. The maximum Gasteiger partial charge on any atom is 0.289 e. The van der Waals surface area contributed by atoms with Crippen LogP contribution in [0.2, 0.25) is 0 Å². The Morgan fingerprint density at radius 2 is 1.83 bits per heavy atom. The van der Waals surface area contributed by atoms with E-state index in [0.29, 0.717) is 18.8 Å². The number of nitrogens with one attached hydrogen (secondary N) is 1. The largest absolute Gasteiger partial charge is 0.459 e. The SMILES string of the molecule is CCN(C)Cc1cccc(CNC(=NC)N2CCN(C(=O)c3ccco3)CC2)c1.I. The van der Waals surface area contributed by atoms with E-state index in [2.05, 4.69) is 58.3 Å². The number of piperazine rings is 1. The molecule has 30 heavy (non-hydrogen) atoms. The molecule has 1 fully saturated rings. The summed E-state index contributed by atoms with van der Waals surface area (Å²) in [6.45, 7) is 7.66. The standard InChI is InChI=1S/C22H31N5O2.HI/c1-4-25(3)17-19-8-5-7-18(15-19)16-24-22(23-2)27-12-10-26(11-13-27)21(28)20-9-6-14-29-20;/h5-9,14-15H,4,10-13,16-17H2,1-3H3,(H,23,24);1H. The molecule has 0 saturated carbocycles. The van der Waals surface area contributed by atoms with Gasteiger partial charge in [0, 0.05) is 46.3 Å². The van der Waals surface area contributed by atoms with Crippen molar-refractivity contribution in [3.05, 3.63) is 59.5 Å². The molecule has 0 bridgehead atoms. The Balaban J connectivity index is 0.00000320. The van der Waals surface area contributed by atoms with Crippen LogP contribution < -0.4 is 5.32 Å². The first-order valence-electron chi connectivity index (χ1n) is 10.2. The number of guanidine groups is 1. The van der Waals surface area contributed by atoms with Gasteiger partial charge in [0.15, 0.2) is 11.7 Å². The molecule has 1 aliphatic heterocycles. The third-order valence-electron chi connectivity index (χ3n) is 5.24. The van der Waals surface area contributed by atoms with E-state index in [-0.39, 0.29) is 29.9 Å². The van der Waals surface area contributed by atoms with Crippen molar-refractivity contribution in [2.45, 2.75) is 20.0 Å². The lowest BCUT2D eigenvalue weighted by Gasteiger charge is -2.36. The zero-order chi connectivity index (χ0) is 20.6. The van der Waals surface area contributed by atoms with Crippen LogP contribution >= 0.6 is 24.0 Å². The van der Waals surface area contributed by atoms with Gasteiger partial charge in [-0.3, -0.25) is 9.79 Å². The van der Waals surface area contributed by atoms with Crippen molar-refractivity contribution in [2.75, 3.05) is 46.8 Å². The van der Waals surface area contributed by atoms with Crippen LogP contribution in [0.25, 0.3) is 0 Å². The highest BCUT2D eigenvalue weighted by Crippen LogP contribution is 2.11. The summed E-state index contributed by atoms with van der Waals surface area (Å²) in [5.41, 5.74) is 2.55. The number of halogens is 1. The Hall–Kier alpha value is -2.07. The van der Waals surface area contributed by atoms with Crippen LogP contribution in [0.3, 0.4) is 0 Å². The lowest BCUT2D eigenvalue weighted by atomic mass is 10.1. The predicted molar refractivity (Wildman–Crippen MR) is 130 cm³/mol. The van der Waals surface area contributed by atoms with E-state index in [1.165, 1.54) is 17.4 Å². The molecular formula is C22H32IN5O2. The normalized spacial score (nSPS) is 14.6. The first-order chi connectivity index (χ1) is 14.1. The molecule has 0 radical (unpaired) electrons. The molecule has 3 rings (SSSR count). The summed E-state index contributed by atoms with van der Waals surface area (Å²) in [7, 11) is 3.93. The molecule has 0 atom stereocenters. The summed E-state index contributed by atoms with van der Waals surface area (Å²) in [5, 5.41) is 3.46. The number of nitrogens with zero attached hydrogens (tertiary/aromatic N) is 4. The highest BCUT2D eigenvalue weighted by molar-refractivity contribution is 14.0. The minimum absolute atomic E-state index is 0. The number of amides is 1. The van der Waals surface area contributed by atoms with Crippen molar-refractivity contribution in [3.63, 3.8) is 0 Å². The number of hydrogen-bond acceptors (Lipinski definition) is 4. The zero-order valence-electron chi connectivity index (χ0n) is 18.0. The lowest BCUT2D eigenvalue weighted by molar-refractivity contribution is 0.0657. The van der Waals surface area contributed by atoms with Crippen LogP contribution in [0.15, 0.2) is 52.1 Å². The maximum atomic E-state index is 12.4. The fourth-order valence-corrected chi connectivity index (χ4v) is 3.45. The quantitative estimate of drug-likeness (QED) is 0.357. The Bertz CT molecular complexity index is 817. The number of aliphatic imine (C=N–C) groups is 1. The van der Waals surface area contributed by atoms with E-state index in [9.17, 15) is 4.79 Å². The van der Waals surface area contributed by atoms with Crippen molar-refractivity contribution in [3.8, 4) is 0 Å². The molecule has 7 nitrogen and oxygen atoms in total. The highest BCUT2D eigenvalue weighted by atomic mass is 127. The van der Waals surface area contributed by atoms with Crippen LogP contribution in [0.5, 0.6) is 0 Å². The average Bonchev–Trinajstić information content (AvgIpc) is 3.29. The van der Waals surface area contributed by atoms with Crippen molar-refractivity contribution in [1.29, 1.82) is 0 Å². The number of hydrogen-bond donors (Lipinski definition) is 1. The van der Waals surface area contributed by atoms with E-state index in [0.717, 1.165) is 38.7 Å². The Kier molecular flexibility index (Phi) is 9.64. The van der Waals surface area contributed by atoms with Gasteiger partial charge < -0.3 is 24.4 Å². The van der Waals surface area contributed by atoms with E-state index in [1.807, 2.05) is 4.90 Å². The van der Waals surface area contributed by atoms with Gasteiger partial charge >= 0.3 is 0 Å². The molecule has 1 N–H and O–H groups in total. The van der Waals surface area contributed by atoms with E-state index >= 15 is 0 Å². The molecule has 1 aromatic heterocycles. The van der Waals surface area contributed by atoms with Gasteiger partial charge in [-0.2, -0.15) is 0 Å². The van der Waals surface area contributed by atoms with E-state index in [1.54, 1.807) is 19.2 Å². The topological polar surface area (TPSA) is 64.3 Å². The monoisotopic (exact) mass is 525 g/mol. The van der Waals surface area contributed by atoms with Crippen LogP contribution in [0.1, 0.15) is 28.6 Å². The number of benzene rings is 1. The van der Waals surface area contributed by atoms with Gasteiger partial charge in [-0.15, -0.1) is 24.0 Å². The summed E-state index contributed by atoms with van der Waals surface area (Å²) in [5.74, 6) is 1.21. The Morgan fingerprint density at radius 3 is 2.47 bits per heavy atom. The van der Waals surface area contributed by atoms with Gasteiger partial charge in [0.2, 0.25) is 0 Å². The Labute approximate surface area is 196 Å². The first kappa shape index (κ1) is 24.2. The summed E-state index contributed by atoms with van der Waals surface area (Å²) >= 11 is 0. The zero-order valence-corrected chi connectivity index (χ0v) is 20.3. The Morgan fingerprint density at radius 1 is 1.13 bits per heavy atom. The van der Waals surface area contributed by atoms with Crippen LogP contribution in [-0.2, 0) is 13.1 Å². The molecule has 1 saturated heterocycles. The summed E-state index contributed by atoms with van der Waals surface area (Å²) in [4.78, 5) is 23.2. The van der Waals surface area contributed by atoms with Crippen LogP contribution in [-0.4, -0.2) is 73.4 Å². The molecule has 2 aromatic rings. The third kappa shape index (κ3) is 6.46. The summed E-state index contributed by atoms with van der Waals surface area (Å²) in [6.07, 6.45) is 1.53. The van der Waals surface area contributed by atoms with Crippen molar-refractivity contribution in [2.24, 2.45) is 4.99 Å². The average molecular weight is 525 g/mol. The highest BCUT2D eigenvalue weighted by Gasteiger charge is 2.25. The first-order valence-corrected chi connectivity index (χ1v) is 10.2. The molecule has 164 valence electrons. The van der Waals surface area contributed by atoms with Crippen LogP contribution in [0.4, 0.5) is 0 Å². The van der Waals surface area contributed by atoms with Crippen LogP contribution in [0, 0.1) is 0 Å². The third-order valence-corrected chi connectivity index (χ3v) is 5.24. The van der Waals surface area contributed by atoms with Gasteiger partial charge in [-0.05, 0) is 36.9 Å². The van der Waals surface area contributed by atoms with Crippen molar-refractivity contribution < 1.29 is 9.21 Å². The second-order valence-corrected chi connectivity index (χ2v) is 7.31. The molecule has 0 aliphatic carbocycles. The molecule has 1 amide bonds. The molecule has 0 unspecified atom stereocenters. The molecule has 1 aliphatic rings. The number of carbonyl (C=O) groups is 1.